The summed E-state index contributed by atoms with van der Waals surface area (Å²) >= 11 is 0. The van der Waals surface area contributed by atoms with Crippen LogP contribution in [0.4, 0.5) is 5.69 Å². The van der Waals surface area contributed by atoms with E-state index < -0.39 is 0 Å². The third-order valence-corrected chi connectivity index (χ3v) is 4.05. The number of hydrogen-bond acceptors (Lipinski definition) is 6. The monoisotopic (exact) mass is 340 g/mol. The van der Waals surface area contributed by atoms with Gasteiger partial charge in [-0.1, -0.05) is 11.2 Å². The minimum absolute atomic E-state index is 0.552. The van der Waals surface area contributed by atoms with Crippen LogP contribution >= 0.6 is 0 Å². The number of nitrogens with two attached hydrogens (primary N) is 1. The van der Waals surface area contributed by atoms with Crippen molar-refractivity contribution >= 4 is 5.69 Å². The number of ether oxygens (including phenoxy) is 3. The standard InChI is InChI=1S/C19H20N2O4/c1-11-7-13(9-17(23-3)19(11)24-4)18-14(10-25-21-18)12-5-6-16(22-2)15(20)8-12/h5-10H,20H2,1-4H3. The van der Waals surface area contributed by atoms with Gasteiger partial charge in [0.25, 0.3) is 0 Å². The second-order valence-corrected chi connectivity index (χ2v) is 5.56. The molecule has 0 saturated heterocycles. The molecule has 0 radical (unpaired) electrons. The van der Waals surface area contributed by atoms with E-state index in [1.165, 1.54) is 0 Å². The Morgan fingerprint density at radius 3 is 2.32 bits per heavy atom. The predicted octanol–water partition coefficient (Wildman–Crippen LogP) is 3.93. The van der Waals surface area contributed by atoms with Crippen LogP contribution in [0, 0.1) is 6.92 Å². The molecule has 2 aromatic carbocycles. The van der Waals surface area contributed by atoms with Crippen molar-refractivity contribution < 1.29 is 18.7 Å². The first kappa shape index (κ1) is 16.7. The number of aryl methyl sites for hydroxylation is 1. The van der Waals surface area contributed by atoms with E-state index in [1.54, 1.807) is 27.6 Å². The van der Waals surface area contributed by atoms with Crippen molar-refractivity contribution in [3.63, 3.8) is 0 Å². The number of nitrogen functional groups attached to an aromatic ring is 1. The van der Waals surface area contributed by atoms with E-state index in [9.17, 15) is 0 Å². The Labute approximate surface area is 146 Å². The van der Waals surface area contributed by atoms with Gasteiger partial charge in [0.15, 0.2) is 11.5 Å². The number of benzene rings is 2. The molecule has 0 aliphatic rings. The Hall–Kier alpha value is -3.15. The van der Waals surface area contributed by atoms with E-state index in [4.69, 9.17) is 24.5 Å². The molecule has 0 spiro atoms. The number of nitrogens with zero attached hydrogens (tertiary/aromatic N) is 1. The van der Waals surface area contributed by atoms with Crippen LogP contribution in [-0.4, -0.2) is 26.5 Å². The van der Waals surface area contributed by atoms with Gasteiger partial charge in [-0.25, -0.2) is 0 Å². The summed E-state index contributed by atoms with van der Waals surface area (Å²) < 4.78 is 21.3. The maximum atomic E-state index is 6.02. The fraction of sp³-hybridized carbons (Fsp3) is 0.211. The molecule has 0 aliphatic carbocycles. The van der Waals surface area contributed by atoms with Crippen molar-refractivity contribution in [2.75, 3.05) is 27.1 Å². The van der Waals surface area contributed by atoms with Gasteiger partial charge in [-0.05, 0) is 42.3 Å². The van der Waals surface area contributed by atoms with Crippen LogP contribution in [0.5, 0.6) is 17.2 Å². The average molecular weight is 340 g/mol. The van der Waals surface area contributed by atoms with Crippen LogP contribution in [0.2, 0.25) is 0 Å². The van der Waals surface area contributed by atoms with Gasteiger partial charge in [0.2, 0.25) is 0 Å². The molecule has 1 aromatic heterocycles. The minimum atomic E-state index is 0.552. The molecule has 0 atom stereocenters. The van der Waals surface area contributed by atoms with Crippen molar-refractivity contribution in [2.24, 2.45) is 0 Å². The molecule has 0 aliphatic heterocycles. The molecule has 1 heterocycles. The maximum absolute atomic E-state index is 6.02. The first-order valence-corrected chi connectivity index (χ1v) is 7.70. The average Bonchev–Trinajstić information content (AvgIpc) is 3.10. The first-order chi connectivity index (χ1) is 12.1. The van der Waals surface area contributed by atoms with Crippen molar-refractivity contribution in [1.29, 1.82) is 0 Å². The number of methoxy groups -OCH3 is 3. The van der Waals surface area contributed by atoms with E-state index in [0.717, 1.165) is 22.3 Å². The largest absolute Gasteiger partial charge is 0.495 e. The summed E-state index contributed by atoms with van der Waals surface area (Å²) in [5.74, 6) is 1.97. The smallest absolute Gasteiger partial charge is 0.163 e. The van der Waals surface area contributed by atoms with E-state index in [-0.39, 0.29) is 0 Å². The van der Waals surface area contributed by atoms with E-state index in [0.29, 0.717) is 28.6 Å². The molecule has 6 nitrogen and oxygen atoms in total. The van der Waals surface area contributed by atoms with Crippen molar-refractivity contribution in [3.8, 4) is 39.6 Å². The quantitative estimate of drug-likeness (QED) is 0.709. The lowest BCUT2D eigenvalue weighted by atomic mass is 9.99. The summed E-state index contributed by atoms with van der Waals surface area (Å²) in [6.07, 6.45) is 1.60. The third-order valence-electron chi connectivity index (χ3n) is 4.05. The molecular formula is C19H20N2O4. The Morgan fingerprint density at radius 2 is 1.68 bits per heavy atom. The molecule has 25 heavy (non-hydrogen) atoms. The van der Waals surface area contributed by atoms with Gasteiger partial charge in [0.05, 0.1) is 27.0 Å². The third kappa shape index (κ3) is 2.98. The van der Waals surface area contributed by atoms with Gasteiger partial charge in [0.1, 0.15) is 17.7 Å². The second-order valence-electron chi connectivity index (χ2n) is 5.56. The van der Waals surface area contributed by atoms with Gasteiger partial charge in [0, 0.05) is 11.1 Å². The van der Waals surface area contributed by atoms with Crippen molar-refractivity contribution in [3.05, 3.63) is 42.2 Å². The summed E-state index contributed by atoms with van der Waals surface area (Å²) in [6, 6.07) is 9.43. The summed E-state index contributed by atoms with van der Waals surface area (Å²) in [5, 5.41) is 4.16. The van der Waals surface area contributed by atoms with Gasteiger partial charge >= 0.3 is 0 Å². The molecule has 6 heteroatoms. The summed E-state index contributed by atoms with van der Waals surface area (Å²) in [5.41, 5.74) is 10.8. The highest BCUT2D eigenvalue weighted by atomic mass is 16.5. The predicted molar refractivity (Wildman–Crippen MR) is 96.2 cm³/mol. The Morgan fingerprint density at radius 1 is 0.920 bits per heavy atom. The van der Waals surface area contributed by atoms with E-state index >= 15 is 0 Å². The molecular weight excluding hydrogens is 320 g/mol. The number of aromatic nitrogens is 1. The van der Waals surface area contributed by atoms with E-state index in [2.05, 4.69) is 5.16 Å². The zero-order chi connectivity index (χ0) is 18.0. The molecule has 0 amide bonds. The summed E-state index contributed by atoms with van der Waals surface area (Å²) in [4.78, 5) is 0. The van der Waals surface area contributed by atoms with Crippen molar-refractivity contribution in [1.82, 2.24) is 5.16 Å². The molecule has 0 saturated carbocycles. The zero-order valence-corrected chi connectivity index (χ0v) is 14.6. The Bertz CT molecular complexity index is 902. The number of rotatable bonds is 5. The van der Waals surface area contributed by atoms with Gasteiger partial charge < -0.3 is 24.5 Å². The highest BCUT2D eigenvalue weighted by molar-refractivity contribution is 5.83. The molecule has 0 unspecified atom stereocenters. The molecule has 0 fully saturated rings. The lowest BCUT2D eigenvalue weighted by molar-refractivity contribution is 0.353. The Kier molecular flexibility index (Phi) is 4.52. The zero-order valence-electron chi connectivity index (χ0n) is 14.6. The second kappa shape index (κ2) is 6.76. The Balaban J connectivity index is 2.11. The van der Waals surface area contributed by atoms with Crippen LogP contribution in [0.15, 0.2) is 41.1 Å². The number of hydrogen-bond donors (Lipinski definition) is 1. The lowest BCUT2D eigenvalue weighted by Crippen LogP contribution is -1.95. The van der Waals surface area contributed by atoms with Crippen LogP contribution in [0.1, 0.15) is 5.56 Å². The van der Waals surface area contributed by atoms with Gasteiger partial charge in [-0.15, -0.1) is 0 Å². The molecule has 3 rings (SSSR count). The van der Waals surface area contributed by atoms with Crippen LogP contribution in [-0.2, 0) is 0 Å². The fourth-order valence-corrected chi connectivity index (χ4v) is 2.84. The minimum Gasteiger partial charge on any atom is -0.495 e. The fourth-order valence-electron chi connectivity index (χ4n) is 2.84. The SMILES string of the molecule is COc1ccc(-c2conc2-c2cc(C)c(OC)c(OC)c2)cc1N. The number of anilines is 1. The highest BCUT2D eigenvalue weighted by Crippen LogP contribution is 2.39. The van der Waals surface area contributed by atoms with Crippen LogP contribution < -0.4 is 19.9 Å². The van der Waals surface area contributed by atoms with Gasteiger partial charge in [-0.2, -0.15) is 0 Å². The molecule has 2 N–H and O–H groups in total. The lowest BCUT2D eigenvalue weighted by Gasteiger charge is -2.12. The normalized spacial score (nSPS) is 10.6. The summed E-state index contributed by atoms with van der Waals surface area (Å²) in [6.45, 7) is 1.95. The van der Waals surface area contributed by atoms with Crippen LogP contribution in [0.3, 0.4) is 0 Å². The van der Waals surface area contributed by atoms with E-state index in [1.807, 2.05) is 37.3 Å². The van der Waals surface area contributed by atoms with Crippen LogP contribution in [0.25, 0.3) is 22.4 Å². The molecule has 0 bridgehead atoms. The molecule has 130 valence electrons. The first-order valence-electron chi connectivity index (χ1n) is 7.70. The maximum Gasteiger partial charge on any atom is 0.163 e. The van der Waals surface area contributed by atoms with Gasteiger partial charge in [-0.3, -0.25) is 0 Å². The summed E-state index contributed by atoms with van der Waals surface area (Å²) in [7, 11) is 4.81. The van der Waals surface area contributed by atoms with Crippen molar-refractivity contribution in [2.45, 2.75) is 6.92 Å². The molecule has 3 aromatic rings. The highest BCUT2D eigenvalue weighted by Gasteiger charge is 2.17. The topological polar surface area (TPSA) is 79.7 Å².